The zero-order chi connectivity index (χ0) is 26.8. The van der Waals surface area contributed by atoms with E-state index in [1.165, 1.54) is 41.6 Å². The van der Waals surface area contributed by atoms with E-state index in [1.54, 1.807) is 24.3 Å². The van der Waals surface area contributed by atoms with Gasteiger partial charge >= 0.3 is 0 Å². The number of anilines is 1. The highest BCUT2D eigenvalue weighted by Gasteiger charge is 2.45. The molecule has 1 aromatic heterocycles. The highest BCUT2D eigenvalue weighted by Crippen LogP contribution is 2.45. The Kier molecular flexibility index (Phi) is 6.85. The zero-order valence-corrected chi connectivity index (χ0v) is 21.4. The van der Waals surface area contributed by atoms with Gasteiger partial charge < -0.3 is 19.7 Å². The molecule has 4 aromatic rings. The third kappa shape index (κ3) is 4.59. The number of nitrogens with zero attached hydrogens (tertiary/aromatic N) is 2. The van der Waals surface area contributed by atoms with Gasteiger partial charge in [-0.3, -0.25) is 14.5 Å². The van der Waals surface area contributed by atoms with Crippen LogP contribution in [0.1, 0.15) is 24.1 Å². The number of benzene rings is 3. The van der Waals surface area contributed by atoms with E-state index in [2.05, 4.69) is 4.98 Å². The lowest BCUT2D eigenvalue weighted by Crippen LogP contribution is -2.30. The number of rotatable bonds is 8. The van der Waals surface area contributed by atoms with E-state index in [-0.39, 0.29) is 17.1 Å². The van der Waals surface area contributed by atoms with Gasteiger partial charge in [-0.15, -0.1) is 0 Å². The van der Waals surface area contributed by atoms with Gasteiger partial charge in [-0.1, -0.05) is 53.8 Å². The molecule has 2 heterocycles. The Hall–Kier alpha value is -4.63. The molecule has 0 spiro atoms. The van der Waals surface area contributed by atoms with E-state index in [4.69, 9.17) is 9.47 Å². The Morgan fingerprint density at radius 3 is 2.63 bits per heavy atom. The first-order valence-corrected chi connectivity index (χ1v) is 12.7. The number of fused-ring (bicyclic) bond motifs is 1. The lowest BCUT2D eigenvalue weighted by Gasteiger charge is -2.24. The first-order chi connectivity index (χ1) is 18.4. The molecular weight excluding hydrogens is 504 g/mol. The summed E-state index contributed by atoms with van der Waals surface area (Å²) in [7, 11) is 1.40. The Morgan fingerprint density at radius 1 is 1.11 bits per heavy atom. The number of aliphatic hydroxyl groups is 1. The number of aliphatic hydroxyl groups excluding tert-OH is 1. The van der Waals surface area contributed by atoms with Crippen molar-refractivity contribution in [2.75, 3.05) is 18.6 Å². The predicted molar refractivity (Wildman–Crippen MR) is 146 cm³/mol. The maximum atomic E-state index is 13.4. The number of hydrogen-bond acceptors (Lipinski definition) is 8. The molecule has 0 radical (unpaired) electrons. The van der Waals surface area contributed by atoms with Crippen molar-refractivity contribution in [3.8, 4) is 17.2 Å². The van der Waals surface area contributed by atoms with Crippen LogP contribution in [0.2, 0.25) is 0 Å². The molecule has 1 unspecified atom stereocenters. The summed E-state index contributed by atoms with van der Waals surface area (Å²) >= 11 is 1.24. The van der Waals surface area contributed by atoms with Crippen molar-refractivity contribution in [2.45, 2.75) is 13.0 Å². The first kappa shape index (κ1) is 25.0. The van der Waals surface area contributed by atoms with Gasteiger partial charge in [0, 0.05) is 0 Å². The van der Waals surface area contributed by atoms with Gasteiger partial charge in [-0.05, 0) is 54.5 Å². The summed E-state index contributed by atoms with van der Waals surface area (Å²) in [6.07, 6.45) is 2.95. The average Bonchev–Trinajstić information content (AvgIpc) is 3.46. The van der Waals surface area contributed by atoms with Gasteiger partial charge in [0.05, 0.1) is 35.5 Å². The molecule has 1 atom stereocenters. The summed E-state index contributed by atoms with van der Waals surface area (Å²) in [4.78, 5) is 32.8. The maximum absolute atomic E-state index is 13.4. The number of carbonyl (C=O) groups excluding carboxylic acids is 2. The predicted octanol–water partition coefficient (Wildman–Crippen LogP) is 5.59. The molecule has 1 amide bonds. The molecule has 0 bridgehead atoms. The van der Waals surface area contributed by atoms with Crippen LogP contribution in [0.3, 0.4) is 0 Å². The van der Waals surface area contributed by atoms with E-state index in [9.17, 15) is 19.8 Å². The molecule has 38 heavy (non-hydrogen) atoms. The number of hydrogen-bond donors (Lipinski definition) is 2. The summed E-state index contributed by atoms with van der Waals surface area (Å²) < 4.78 is 11.6. The number of carbonyl (C=O) groups is 2. The number of thiazole rings is 1. The normalized spacial score (nSPS) is 15.6. The number of ether oxygens (including phenoxy) is 2. The Balaban J connectivity index is 1.61. The Labute approximate surface area is 222 Å². The standard InChI is InChI=1S/C29H24N2O6S/c1-3-37-19-11-12-20-24(16-19)38-29(30-20)31-26(18-10-14-21(32)23(15-18)36-2)25(27(34)28(31)35)22(33)13-9-17-7-5-4-6-8-17/h4-16,26,32,34H,3H2,1-2H3/b13-9+. The number of allylic oxidation sites excluding steroid dienone is 1. The third-order valence-electron chi connectivity index (χ3n) is 6.09. The maximum Gasteiger partial charge on any atom is 0.296 e. The van der Waals surface area contributed by atoms with Crippen LogP contribution in [-0.4, -0.2) is 40.6 Å². The fraction of sp³-hybridized carbons (Fsp3) is 0.138. The van der Waals surface area contributed by atoms with Crippen LogP contribution in [0.15, 0.2) is 84.1 Å². The van der Waals surface area contributed by atoms with E-state index in [1.807, 2.05) is 43.3 Å². The van der Waals surface area contributed by atoms with Crippen LogP contribution in [-0.2, 0) is 9.59 Å². The van der Waals surface area contributed by atoms with Gasteiger partial charge in [0.15, 0.2) is 28.2 Å². The van der Waals surface area contributed by atoms with Gasteiger partial charge in [-0.25, -0.2) is 4.98 Å². The molecule has 9 heteroatoms. The van der Waals surface area contributed by atoms with Crippen molar-refractivity contribution < 1.29 is 29.3 Å². The molecule has 1 aliphatic rings. The second-order valence-electron chi connectivity index (χ2n) is 8.44. The van der Waals surface area contributed by atoms with Crippen molar-refractivity contribution in [1.29, 1.82) is 0 Å². The van der Waals surface area contributed by atoms with Crippen molar-refractivity contribution in [3.63, 3.8) is 0 Å². The molecular formula is C29H24N2O6S. The minimum atomic E-state index is -1.00. The highest BCUT2D eigenvalue weighted by atomic mass is 32.1. The van der Waals surface area contributed by atoms with Crippen LogP contribution in [0.4, 0.5) is 5.13 Å². The highest BCUT2D eigenvalue weighted by molar-refractivity contribution is 7.22. The van der Waals surface area contributed by atoms with Crippen LogP contribution in [0.5, 0.6) is 17.2 Å². The van der Waals surface area contributed by atoms with E-state index >= 15 is 0 Å². The minimum Gasteiger partial charge on any atom is -0.504 e. The van der Waals surface area contributed by atoms with E-state index in [0.717, 1.165) is 10.3 Å². The topological polar surface area (TPSA) is 109 Å². The number of phenolic OH excluding ortho intramolecular Hbond substituents is 1. The second kappa shape index (κ2) is 10.4. The molecule has 8 nitrogen and oxygen atoms in total. The summed E-state index contributed by atoms with van der Waals surface area (Å²) in [6.45, 7) is 2.40. The second-order valence-corrected chi connectivity index (χ2v) is 9.45. The largest absolute Gasteiger partial charge is 0.504 e. The minimum absolute atomic E-state index is 0.0933. The van der Waals surface area contributed by atoms with Crippen LogP contribution in [0.25, 0.3) is 16.3 Å². The lowest BCUT2D eigenvalue weighted by atomic mass is 9.95. The molecule has 0 fully saturated rings. The monoisotopic (exact) mass is 528 g/mol. The first-order valence-electron chi connectivity index (χ1n) is 11.9. The average molecular weight is 529 g/mol. The number of aromatic nitrogens is 1. The number of methoxy groups -OCH3 is 1. The molecule has 0 saturated carbocycles. The zero-order valence-electron chi connectivity index (χ0n) is 20.6. The molecule has 0 saturated heterocycles. The number of amides is 1. The number of phenols is 1. The molecule has 1 aliphatic heterocycles. The van der Waals surface area contributed by atoms with Crippen LogP contribution >= 0.6 is 11.3 Å². The summed E-state index contributed by atoms with van der Waals surface area (Å²) in [5.74, 6) is -1.19. The molecule has 192 valence electrons. The van der Waals surface area contributed by atoms with Crippen LogP contribution < -0.4 is 14.4 Å². The Bertz CT molecular complexity index is 1590. The van der Waals surface area contributed by atoms with Crippen molar-refractivity contribution in [1.82, 2.24) is 4.98 Å². The smallest absolute Gasteiger partial charge is 0.296 e. The van der Waals surface area contributed by atoms with Gasteiger partial charge in [0.2, 0.25) is 0 Å². The molecule has 2 N–H and O–H groups in total. The summed E-state index contributed by atoms with van der Waals surface area (Å²) in [5, 5.41) is 21.4. The third-order valence-corrected chi connectivity index (χ3v) is 7.10. The number of aromatic hydroxyl groups is 1. The Morgan fingerprint density at radius 2 is 1.89 bits per heavy atom. The van der Waals surface area contributed by atoms with E-state index in [0.29, 0.717) is 28.6 Å². The lowest BCUT2D eigenvalue weighted by molar-refractivity contribution is -0.117. The fourth-order valence-corrected chi connectivity index (χ4v) is 5.33. The van der Waals surface area contributed by atoms with Gasteiger partial charge in [0.1, 0.15) is 5.75 Å². The molecule has 5 rings (SSSR count). The summed E-state index contributed by atoms with van der Waals surface area (Å²) in [6, 6.07) is 18.2. The molecule has 0 aliphatic carbocycles. The number of ketones is 1. The van der Waals surface area contributed by atoms with Crippen molar-refractivity contribution in [2.24, 2.45) is 0 Å². The molecule has 3 aromatic carbocycles. The van der Waals surface area contributed by atoms with Crippen molar-refractivity contribution in [3.05, 3.63) is 95.3 Å². The van der Waals surface area contributed by atoms with Gasteiger partial charge in [-0.2, -0.15) is 0 Å². The van der Waals surface area contributed by atoms with Crippen LogP contribution in [0, 0.1) is 0 Å². The summed E-state index contributed by atoms with van der Waals surface area (Å²) in [5.41, 5.74) is 1.81. The quantitative estimate of drug-likeness (QED) is 0.287. The SMILES string of the molecule is CCOc1ccc2nc(N3C(=O)C(O)=C(C(=O)/C=C/c4ccccc4)C3c3ccc(O)c(OC)c3)sc2c1. The fourth-order valence-electron chi connectivity index (χ4n) is 4.31. The van der Waals surface area contributed by atoms with Crippen molar-refractivity contribution >= 4 is 44.5 Å². The van der Waals surface area contributed by atoms with Gasteiger partial charge in [0.25, 0.3) is 5.91 Å². The van der Waals surface area contributed by atoms with E-state index < -0.39 is 23.5 Å².